The molecule has 0 heterocycles. The van der Waals surface area contributed by atoms with Gasteiger partial charge in [-0.3, -0.25) is 14.9 Å². The highest BCUT2D eigenvalue weighted by Gasteiger charge is 2.16. The molecule has 0 spiro atoms. The molecule has 2 aromatic rings. The highest BCUT2D eigenvalue weighted by molar-refractivity contribution is 7.86. The number of hydrogen-bond acceptors (Lipinski definition) is 6. The van der Waals surface area contributed by atoms with Gasteiger partial charge in [-0.2, -0.15) is 8.42 Å². The normalized spacial score (nSPS) is 11.0. The third-order valence-electron chi connectivity index (χ3n) is 3.21. The predicted octanol–water partition coefficient (Wildman–Crippen LogP) is 3.23. The van der Waals surface area contributed by atoms with E-state index in [9.17, 15) is 27.2 Å². The molecule has 1 N–H and O–H groups in total. The molecule has 0 bridgehead atoms. The quantitative estimate of drug-likeness (QED) is 0.450. The number of halogens is 2. The molecule has 138 valence electrons. The molecule has 0 aliphatic carbocycles. The van der Waals surface area contributed by atoms with E-state index in [1.165, 1.54) is 31.2 Å². The summed E-state index contributed by atoms with van der Waals surface area (Å²) in [6, 6.07) is 7.10. The molecule has 8 nitrogen and oxygen atoms in total. The van der Waals surface area contributed by atoms with Crippen molar-refractivity contribution < 1.29 is 26.8 Å². The number of nitro benzene ring substituents is 1. The fourth-order valence-electron chi connectivity index (χ4n) is 2.06. The molecule has 0 aliphatic heterocycles. The number of amides is 1. The van der Waals surface area contributed by atoms with Gasteiger partial charge in [-0.25, -0.2) is 0 Å². The van der Waals surface area contributed by atoms with Crippen LogP contribution >= 0.6 is 11.6 Å². The summed E-state index contributed by atoms with van der Waals surface area (Å²) in [5, 5.41) is 13.0. The lowest BCUT2D eigenvalue weighted by molar-refractivity contribution is -0.384. The number of anilines is 1. The van der Waals surface area contributed by atoms with Gasteiger partial charge in [0.2, 0.25) is 0 Å². The molecule has 0 saturated carbocycles. The summed E-state index contributed by atoms with van der Waals surface area (Å²) < 4.78 is 40.0. The first kappa shape index (κ1) is 19.6. The van der Waals surface area contributed by atoms with E-state index in [4.69, 9.17) is 16.3 Å². The van der Waals surface area contributed by atoms with Crippen molar-refractivity contribution in [2.24, 2.45) is 0 Å². The summed E-state index contributed by atoms with van der Waals surface area (Å²) in [4.78, 5) is 21.4. The van der Waals surface area contributed by atoms with Crippen LogP contribution in [0.5, 0.6) is 5.75 Å². The number of rotatable bonds is 6. The molecule has 2 aromatic carbocycles. The van der Waals surface area contributed by atoms with Crippen molar-refractivity contribution in [3.63, 3.8) is 0 Å². The van der Waals surface area contributed by atoms with Gasteiger partial charge < -0.3 is 10.1 Å². The summed E-state index contributed by atoms with van der Waals surface area (Å²) in [6.45, 7) is 0.939. The van der Waals surface area contributed by atoms with Crippen molar-refractivity contribution in [1.29, 1.82) is 0 Å². The highest BCUT2D eigenvalue weighted by atomic mass is 35.5. The molecule has 0 fully saturated rings. The van der Waals surface area contributed by atoms with Crippen LogP contribution in [0.25, 0.3) is 0 Å². The van der Waals surface area contributed by atoms with Crippen LogP contribution in [0.15, 0.2) is 41.3 Å². The van der Waals surface area contributed by atoms with Crippen LogP contribution in [0.1, 0.15) is 5.56 Å². The van der Waals surface area contributed by atoms with Gasteiger partial charge in [-0.1, -0.05) is 11.6 Å². The number of aryl methyl sites for hydroxylation is 1. The monoisotopic (exact) mass is 402 g/mol. The Hall–Kier alpha value is -2.72. The number of hydrogen-bond donors (Lipinski definition) is 1. The number of carbonyl (C=O) groups excluding carboxylic acids is 1. The van der Waals surface area contributed by atoms with Gasteiger partial charge in [-0.05, 0) is 36.8 Å². The number of nitrogens with zero attached hydrogens (tertiary/aromatic N) is 1. The summed E-state index contributed by atoms with van der Waals surface area (Å²) in [5.41, 5.74) is 0.160. The zero-order chi connectivity index (χ0) is 19.5. The number of carbonyl (C=O) groups is 1. The van der Waals surface area contributed by atoms with Gasteiger partial charge >= 0.3 is 10.2 Å². The predicted molar refractivity (Wildman–Crippen MR) is 91.7 cm³/mol. The number of ether oxygens (including phenoxy) is 1. The molecular formula is C15H12ClFN2O6S. The Morgan fingerprint density at radius 3 is 2.54 bits per heavy atom. The Kier molecular flexibility index (Phi) is 5.78. The molecule has 1 amide bonds. The molecule has 0 atom stereocenters. The van der Waals surface area contributed by atoms with Crippen molar-refractivity contribution in [2.75, 3.05) is 11.9 Å². The van der Waals surface area contributed by atoms with Crippen LogP contribution in [0.2, 0.25) is 5.02 Å². The van der Waals surface area contributed by atoms with Crippen molar-refractivity contribution in [2.45, 2.75) is 11.8 Å². The minimum Gasteiger partial charge on any atom is -0.482 e. The molecule has 0 aliphatic rings. The molecule has 0 saturated heterocycles. The number of benzene rings is 2. The molecule has 0 unspecified atom stereocenters. The van der Waals surface area contributed by atoms with E-state index in [-0.39, 0.29) is 27.7 Å². The average molecular weight is 403 g/mol. The molecule has 26 heavy (non-hydrogen) atoms. The number of nitrogens with one attached hydrogen (secondary N) is 1. The fraction of sp³-hybridized carbons (Fsp3) is 0.133. The smallest absolute Gasteiger partial charge is 0.332 e. The van der Waals surface area contributed by atoms with Gasteiger partial charge in [0.05, 0.1) is 9.95 Å². The van der Waals surface area contributed by atoms with Crippen LogP contribution in [0, 0.1) is 17.0 Å². The molecule has 2 rings (SSSR count). The van der Waals surface area contributed by atoms with E-state index in [1.807, 2.05) is 0 Å². The summed E-state index contributed by atoms with van der Waals surface area (Å²) >= 11 is 5.84. The van der Waals surface area contributed by atoms with Gasteiger partial charge in [0, 0.05) is 17.8 Å². The maximum absolute atomic E-state index is 13.0. The van der Waals surface area contributed by atoms with Crippen LogP contribution in [0.3, 0.4) is 0 Å². The minimum atomic E-state index is -4.84. The Morgan fingerprint density at radius 1 is 1.31 bits per heavy atom. The zero-order valence-electron chi connectivity index (χ0n) is 13.2. The largest absolute Gasteiger partial charge is 0.482 e. The van der Waals surface area contributed by atoms with E-state index in [2.05, 4.69) is 5.32 Å². The van der Waals surface area contributed by atoms with Crippen LogP contribution < -0.4 is 10.1 Å². The first-order chi connectivity index (χ1) is 12.1. The Labute approximate surface area is 152 Å². The van der Waals surface area contributed by atoms with Gasteiger partial charge in [0.15, 0.2) is 6.61 Å². The maximum atomic E-state index is 13.0. The van der Waals surface area contributed by atoms with Crippen LogP contribution in [-0.2, 0) is 15.0 Å². The summed E-state index contributed by atoms with van der Waals surface area (Å²) in [5.74, 6) is -0.503. The van der Waals surface area contributed by atoms with Crippen molar-refractivity contribution >= 4 is 39.1 Å². The summed E-state index contributed by atoms with van der Waals surface area (Å²) in [7, 11) is -4.84. The van der Waals surface area contributed by atoms with E-state index in [1.54, 1.807) is 0 Å². The Balaban J connectivity index is 2.01. The topological polar surface area (TPSA) is 116 Å². The molecule has 0 aromatic heterocycles. The Bertz CT molecular complexity index is 980. The fourth-order valence-corrected chi connectivity index (χ4v) is 2.96. The SMILES string of the molecule is Cc1cc(NC(=O)COc2ccc([N+](=O)[O-])cc2Cl)ccc1S(=O)(=O)F. The van der Waals surface area contributed by atoms with Gasteiger partial charge in [0.1, 0.15) is 10.6 Å². The third-order valence-corrected chi connectivity index (χ3v) is 4.49. The van der Waals surface area contributed by atoms with Crippen LogP contribution in [0.4, 0.5) is 15.3 Å². The first-order valence-electron chi connectivity index (χ1n) is 7.00. The minimum absolute atomic E-state index is 0.0275. The second-order valence-electron chi connectivity index (χ2n) is 5.13. The van der Waals surface area contributed by atoms with Crippen molar-refractivity contribution in [1.82, 2.24) is 0 Å². The van der Waals surface area contributed by atoms with E-state index in [0.717, 1.165) is 12.1 Å². The van der Waals surface area contributed by atoms with Crippen molar-refractivity contribution in [3.05, 3.63) is 57.1 Å². The van der Waals surface area contributed by atoms with E-state index < -0.39 is 32.6 Å². The average Bonchev–Trinajstić information content (AvgIpc) is 2.52. The first-order valence-corrected chi connectivity index (χ1v) is 8.76. The second-order valence-corrected chi connectivity index (χ2v) is 6.85. The zero-order valence-corrected chi connectivity index (χ0v) is 14.8. The van der Waals surface area contributed by atoms with Gasteiger partial charge in [-0.15, -0.1) is 3.89 Å². The van der Waals surface area contributed by atoms with Gasteiger partial charge in [0.25, 0.3) is 11.6 Å². The maximum Gasteiger partial charge on any atom is 0.332 e. The van der Waals surface area contributed by atoms with E-state index >= 15 is 0 Å². The lowest BCUT2D eigenvalue weighted by Crippen LogP contribution is -2.20. The lowest BCUT2D eigenvalue weighted by atomic mass is 10.2. The number of non-ortho nitro benzene ring substituents is 1. The third kappa shape index (κ3) is 4.90. The number of nitro groups is 1. The summed E-state index contributed by atoms with van der Waals surface area (Å²) in [6.07, 6.45) is 0. The lowest BCUT2D eigenvalue weighted by Gasteiger charge is -2.10. The Morgan fingerprint density at radius 2 is 2.00 bits per heavy atom. The van der Waals surface area contributed by atoms with E-state index in [0.29, 0.717) is 0 Å². The standard InChI is InChI=1S/C15H12ClFN2O6S/c1-9-6-10(2-5-14(9)26(17,23)24)18-15(20)8-25-13-4-3-11(19(21)22)7-12(13)16/h2-7H,8H2,1H3,(H,18,20). The second kappa shape index (κ2) is 7.67. The molecular weight excluding hydrogens is 391 g/mol. The highest BCUT2D eigenvalue weighted by Crippen LogP contribution is 2.28. The van der Waals surface area contributed by atoms with Crippen LogP contribution in [-0.4, -0.2) is 25.9 Å². The molecule has 0 radical (unpaired) electrons. The van der Waals surface area contributed by atoms with Crippen molar-refractivity contribution in [3.8, 4) is 5.75 Å². The molecule has 11 heteroatoms.